The van der Waals surface area contributed by atoms with Gasteiger partial charge in [0.25, 0.3) is 0 Å². The molecule has 18 heavy (non-hydrogen) atoms. The molecule has 0 saturated heterocycles. The van der Waals surface area contributed by atoms with Gasteiger partial charge >= 0.3 is 0 Å². The van der Waals surface area contributed by atoms with E-state index in [0.29, 0.717) is 6.04 Å². The molecule has 1 saturated carbocycles. The Balaban J connectivity index is 2.09. The summed E-state index contributed by atoms with van der Waals surface area (Å²) in [5.41, 5.74) is 4.14. The zero-order valence-electron chi connectivity index (χ0n) is 12.1. The summed E-state index contributed by atoms with van der Waals surface area (Å²) in [6.07, 6.45) is 9.15. The first-order chi connectivity index (χ1) is 8.74. The first kappa shape index (κ1) is 13.6. The summed E-state index contributed by atoms with van der Waals surface area (Å²) < 4.78 is 2.32. The molecule has 1 aliphatic carbocycles. The molecule has 0 aliphatic heterocycles. The fourth-order valence-electron chi connectivity index (χ4n) is 3.18. The number of nitrogens with one attached hydrogen (secondary N) is 1. The van der Waals surface area contributed by atoms with Crippen LogP contribution in [-0.4, -0.2) is 23.4 Å². The quantitative estimate of drug-likeness (QED) is 0.812. The van der Waals surface area contributed by atoms with Crippen LogP contribution in [0.3, 0.4) is 0 Å². The Morgan fingerprint density at radius 1 is 1.22 bits per heavy atom. The summed E-state index contributed by atoms with van der Waals surface area (Å²) in [6.45, 7) is 5.51. The lowest BCUT2D eigenvalue weighted by molar-refractivity contribution is 0.324. The van der Waals surface area contributed by atoms with E-state index in [-0.39, 0.29) is 0 Å². The Bertz CT molecular complexity index is 375. The second-order valence-corrected chi connectivity index (χ2v) is 5.59. The molecule has 3 heteroatoms. The van der Waals surface area contributed by atoms with Crippen LogP contribution in [0.1, 0.15) is 61.5 Å². The van der Waals surface area contributed by atoms with Crippen molar-refractivity contribution in [3.63, 3.8) is 0 Å². The fraction of sp³-hybridized carbons (Fsp3) is 0.800. The van der Waals surface area contributed by atoms with Crippen LogP contribution in [0.2, 0.25) is 0 Å². The zero-order valence-corrected chi connectivity index (χ0v) is 12.1. The monoisotopic (exact) mass is 249 g/mol. The minimum Gasteiger partial charge on any atom is -0.320 e. The summed E-state index contributed by atoms with van der Waals surface area (Å²) >= 11 is 0. The molecule has 1 aromatic rings. The zero-order chi connectivity index (χ0) is 13.0. The highest BCUT2D eigenvalue weighted by Crippen LogP contribution is 2.30. The average molecular weight is 249 g/mol. The molecule has 1 N–H and O–H groups in total. The number of aryl methyl sites for hydroxylation is 1. The number of hydrogen-bond acceptors (Lipinski definition) is 2. The number of aromatic nitrogens is 2. The molecule has 0 atom stereocenters. The highest BCUT2D eigenvalue weighted by Gasteiger charge is 2.20. The van der Waals surface area contributed by atoms with Crippen LogP contribution < -0.4 is 5.32 Å². The van der Waals surface area contributed by atoms with Crippen LogP contribution >= 0.6 is 0 Å². The first-order valence-electron chi connectivity index (χ1n) is 7.43. The van der Waals surface area contributed by atoms with Crippen molar-refractivity contribution in [3.05, 3.63) is 17.0 Å². The third-order valence-electron chi connectivity index (χ3n) is 4.25. The molecule has 0 unspecified atom stereocenters. The van der Waals surface area contributed by atoms with Crippen molar-refractivity contribution >= 4 is 0 Å². The molecule has 1 heterocycles. The van der Waals surface area contributed by atoms with Gasteiger partial charge in [0, 0.05) is 5.69 Å². The van der Waals surface area contributed by atoms with Crippen molar-refractivity contribution in [1.82, 2.24) is 15.1 Å². The Labute approximate surface area is 111 Å². The smallest absolute Gasteiger partial charge is 0.0628 e. The maximum Gasteiger partial charge on any atom is 0.0628 e. The van der Waals surface area contributed by atoms with Crippen molar-refractivity contribution in [2.24, 2.45) is 0 Å². The van der Waals surface area contributed by atoms with Crippen molar-refractivity contribution in [1.29, 1.82) is 0 Å². The van der Waals surface area contributed by atoms with Crippen molar-refractivity contribution in [2.45, 2.75) is 64.8 Å². The number of rotatable bonds is 5. The second-order valence-electron chi connectivity index (χ2n) is 5.59. The summed E-state index contributed by atoms with van der Waals surface area (Å²) in [4.78, 5) is 0. The van der Waals surface area contributed by atoms with E-state index in [2.05, 4.69) is 23.8 Å². The van der Waals surface area contributed by atoms with Crippen LogP contribution in [0, 0.1) is 13.8 Å². The van der Waals surface area contributed by atoms with E-state index in [1.54, 1.807) is 0 Å². The van der Waals surface area contributed by atoms with Crippen LogP contribution in [0.4, 0.5) is 0 Å². The molecule has 2 rings (SSSR count). The van der Waals surface area contributed by atoms with E-state index in [1.807, 2.05) is 7.05 Å². The molecule has 1 fully saturated rings. The second kappa shape index (κ2) is 6.37. The molecule has 0 radical (unpaired) electrons. The third-order valence-corrected chi connectivity index (χ3v) is 4.25. The summed E-state index contributed by atoms with van der Waals surface area (Å²) in [7, 11) is 2.02. The molecule has 0 aromatic carbocycles. The first-order valence-corrected chi connectivity index (χ1v) is 7.43. The minimum absolute atomic E-state index is 0.663. The van der Waals surface area contributed by atoms with Crippen molar-refractivity contribution in [3.8, 4) is 0 Å². The third kappa shape index (κ3) is 2.94. The Morgan fingerprint density at radius 3 is 2.61 bits per heavy atom. The van der Waals surface area contributed by atoms with E-state index in [4.69, 9.17) is 5.10 Å². The molecular weight excluding hydrogens is 222 g/mol. The highest BCUT2D eigenvalue weighted by molar-refractivity contribution is 5.25. The van der Waals surface area contributed by atoms with Gasteiger partial charge in [-0.1, -0.05) is 19.3 Å². The van der Waals surface area contributed by atoms with Crippen LogP contribution in [0.5, 0.6) is 0 Å². The predicted molar refractivity (Wildman–Crippen MR) is 76.1 cm³/mol. The standard InChI is InChI=1S/C15H27N3/c1-12-15(10-7-11-16-3)13(2)18(17-12)14-8-5-4-6-9-14/h14,16H,4-11H2,1-3H3. The van der Waals surface area contributed by atoms with Gasteiger partial charge in [0.2, 0.25) is 0 Å². The summed E-state index contributed by atoms with van der Waals surface area (Å²) in [5, 5.41) is 8.03. The number of nitrogens with zero attached hydrogens (tertiary/aromatic N) is 2. The molecule has 3 nitrogen and oxygen atoms in total. The Hall–Kier alpha value is -0.830. The molecule has 102 valence electrons. The van der Waals surface area contributed by atoms with Gasteiger partial charge in [-0.2, -0.15) is 5.10 Å². The maximum absolute atomic E-state index is 4.81. The molecule has 0 amide bonds. The topological polar surface area (TPSA) is 29.9 Å². The van der Waals surface area contributed by atoms with Gasteiger partial charge in [-0.3, -0.25) is 4.68 Å². The van der Waals surface area contributed by atoms with Gasteiger partial charge in [-0.05, 0) is 58.7 Å². The van der Waals surface area contributed by atoms with Crippen LogP contribution in [0.25, 0.3) is 0 Å². The number of hydrogen-bond donors (Lipinski definition) is 1. The van der Waals surface area contributed by atoms with E-state index in [0.717, 1.165) is 13.0 Å². The van der Waals surface area contributed by atoms with Crippen molar-refractivity contribution in [2.75, 3.05) is 13.6 Å². The van der Waals surface area contributed by atoms with E-state index >= 15 is 0 Å². The van der Waals surface area contributed by atoms with Gasteiger partial charge in [-0.25, -0.2) is 0 Å². The lowest BCUT2D eigenvalue weighted by atomic mass is 9.95. The van der Waals surface area contributed by atoms with Crippen LogP contribution in [0.15, 0.2) is 0 Å². The van der Waals surface area contributed by atoms with E-state index < -0.39 is 0 Å². The average Bonchev–Trinajstić information content (AvgIpc) is 2.68. The molecule has 1 aliphatic rings. The van der Waals surface area contributed by atoms with Gasteiger partial charge in [0.1, 0.15) is 0 Å². The molecule has 0 bridgehead atoms. The van der Waals surface area contributed by atoms with Crippen molar-refractivity contribution < 1.29 is 0 Å². The fourth-order valence-corrected chi connectivity index (χ4v) is 3.18. The molecule has 1 aromatic heterocycles. The lowest BCUT2D eigenvalue weighted by Gasteiger charge is -2.23. The maximum atomic E-state index is 4.81. The minimum atomic E-state index is 0.663. The Morgan fingerprint density at radius 2 is 1.94 bits per heavy atom. The van der Waals surface area contributed by atoms with Gasteiger partial charge < -0.3 is 5.32 Å². The molecule has 0 spiro atoms. The van der Waals surface area contributed by atoms with Gasteiger partial charge in [0.05, 0.1) is 11.7 Å². The lowest BCUT2D eigenvalue weighted by Crippen LogP contribution is -2.15. The predicted octanol–water partition coefficient (Wildman–Crippen LogP) is 3.16. The van der Waals surface area contributed by atoms with E-state index in [1.165, 1.54) is 55.5 Å². The molecular formula is C15H27N3. The van der Waals surface area contributed by atoms with E-state index in [9.17, 15) is 0 Å². The summed E-state index contributed by atoms with van der Waals surface area (Å²) in [6, 6.07) is 0.663. The van der Waals surface area contributed by atoms with Gasteiger partial charge in [-0.15, -0.1) is 0 Å². The largest absolute Gasteiger partial charge is 0.320 e. The normalized spacial score (nSPS) is 17.3. The SMILES string of the molecule is CNCCCc1c(C)nn(C2CCCCC2)c1C. The highest BCUT2D eigenvalue weighted by atomic mass is 15.3. The summed E-state index contributed by atoms with van der Waals surface area (Å²) in [5.74, 6) is 0. The Kier molecular flexibility index (Phi) is 4.81. The van der Waals surface area contributed by atoms with Gasteiger partial charge in [0.15, 0.2) is 0 Å². The van der Waals surface area contributed by atoms with Crippen LogP contribution in [-0.2, 0) is 6.42 Å².